The highest BCUT2D eigenvalue weighted by molar-refractivity contribution is 6.11. The Morgan fingerprint density at radius 2 is 0.815 bits per heavy atom. The first-order valence-electron chi connectivity index (χ1n) is 18.4. The van der Waals surface area contributed by atoms with Crippen LogP contribution in [0.1, 0.15) is 0 Å². The molecule has 0 bridgehead atoms. The van der Waals surface area contributed by atoms with Crippen molar-refractivity contribution in [3.63, 3.8) is 0 Å². The number of anilines is 3. The molecule has 0 atom stereocenters. The summed E-state index contributed by atoms with van der Waals surface area (Å²) in [4.78, 5) is 2.35. The third-order valence-electron chi connectivity index (χ3n) is 10.5. The lowest BCUT2D eigenvalue weighted by Gasteiger charge is -2.27. The Balaban J connectivity index is 1.18. The molecular weight excluding hydrogens is 655 g/mol. The topological polar surface area (TPSA) is 16.4 Å². The van der Waals surface area contributed by atoms with Gasteiger partial charge in [-0.3, -0.25) is 0 Å². The van der Waals surface area contributed by atoms with Gasteiger partial charge in [0.25, 0.3) is 0 Å². The highest BCUT2D eigenvalue weighted by atomic mass is 16.3. The van der Waals surface area contributed by atoms with Crippen molar-refractivity contribution < 1.29 is 4.42 Å². The number of nitrogens with zero attached hydrogens (tertiary/aromatic N) is 1. The molecule has 0 N–H and O–H groups in total. The molecule has 2 nitrogen and oxygen atoms in total. The Morgan fingerprint density at radius 1 is 0.315 bits per heavy atom. The van der Waals surface area contributed by atoms with Crippen LogP contribution in [0.4, 0.5) is 17.1 Å². The third kappa shape index (κ3) is 5.44. The van der Waals surface area contributed by atoms with Gasteiger partial charge in [0.05, 0.1) is 11.4 Å². The van der Waals surface area contributed by atoms with Crippen molar-refractivity contribution in [1.29, 1.82) is 0 Å². The van der Waals surface area contributed by atoms with E-state index in [-0.39, 0.29) is 0 Å². The molecule has 0 spiro atoms. The Labute approximate surface area is 314 Å². The summed E-state index contributed by atoms with van der Waals surface area (Å²) >= 11 is 0. The summed E-state index contributed by atoms with van der Waals surface area (Å²) in [6.45, 7) is 0. The lowest BCUT2D eigenvalue weighted by atomic mass is 9.84. The molecule has 0 fully saturated rings. The first kappa shape index (κ1) is 31.6. The van der Waals surface area contributed by atoms with E-state index in [2.05, 4.69) is 205 Å². The number of hydrogen-bond acceptors (Lipinski definition) is 2. The Morgan fingerprint density at radius 3 is 1.57 bits per heavy atom. The van der Waals surface area contributed by atoms with Gasteiger partial charge in [-0.2, -0.15) is 0 Å². The maximum atomic E-state index is 6.64. The van der Waals surface area contributed by atoms with E-state index < -0.39 is 0 Å². The first-order chi connectivity index (χ1) is 26.8. The summed E-state index contributed by atoms with van der Waals surface area (Å²) in [7, 11) is 0. The van der Waals surface area contributed by atoms with E-state index in [9.17, 15) is 0 Å². The van der Waals surface area contributed by atoms with Crippen molar-refractivity contribution in [2.75, 3.05) is 4.90 Å². The molecule has 0 aliphatic rings. The lowest BCUT2D eigenvalue weighted by molar-refractivity contribution is 0.669. The monoisotopic (exact) mass is 689 g/mol. The van der Waals surface area contributed by atoms with Crippen LogP contribution in [0, 0.1) is 0 Å². The largest absolute Gasteiger partial charge is 0.454 e. The highest BCUT2D eigenvalue weighted by Gasteiger charge is 2.22. The second-order valence-electron chi connectivity index (χ2n) is 13.6. The summed E-state index contributed by atoms with van der Waals surface area (Å²) in [5, 5.41) is 4.58. The zero-order valence-electron chi connectivity index (χ0n) is 29.6. The summed E-state index contributed by atoms with van der Waals surface area (Å²) in [6, 6.07) is 75.8. The molecule has 1 aromatic heterocycles. The fourth-order valence-electron chi connectivity index (χ4n) is 8.02. The zero-order chi connectivity index (χ0) is 35.8. The minimum Gasteiger partial charge on any atom is -0.454 e. The van der Waals surface area contributed by atoms with Gasteiger partial charge in [-0.15, -0.1) is 0 Å². The molecule has 254 valence electrons. The molecule has 0 radical (unpaired) electrons. The van der Waals surface area contributed by atoms with Crippen molar-refractivity contribution in [2.24, 2.45) is 0 Å². The van der Waals surface area contributed by atoms with Gasteiger partial charge in [0.1, 0.15) is 5.58 Å². The summed E-state index contributed by atoms with van der Waals surface area (Å²) < 4.78 is 6.64. The fraction of sp³-hybridized carbons (Fsp3) is 0. The minimum atomic E-state index is 0.867. The molecule has 0 unspecified atom stereocenters. The third-order valence-corrected chi connectivity index (χ3v) is 10.5. The number of hydrogen-bond donors (Lipinski definition) is 0. The molecular formula is C52H35NO. The standard InChI is InChI=1S/C52H35NO/c1-3-16-36(17-4-1)41-22-9-10-25-46(41)51-43(38-18-5-2-6-19-38)26-14-27-44(51)39-32-34-40(35-33-39)53(48-29-13-21-37-20-7-8-23-42(37)48)49-30-15-28-47-45-24-11-12-31-50(45)54-52(47)49/h1-35H. The number of rotatable bonds is 7. The lowest BCUT2D eigenvalue weighted by Crippen LogP contribution is -2.10. The quantitative estimate of drug-likeness (QED) is 0.166. The van der Waals surface area contributed by atoms with Gasteiger partial charge in [-0.1, -0.05) is 182 Å². The first-order valence-corrected chi connectivity index (χ1v) is 18.4. The zero-order valence-corrected chi connectivity index (χ0v) is 29.6. The van der Waals surface area contributed by atoms with Crippen LogP contribution in [-0.4, -0.2) is 0 Å². The number of benzene rings is 9. The van der Waals surface area contributed by atoms with Crippen LogP contribution in [0.15, 0.2) is 217 Å². The predicted octanol–water partition coefficient (Wildman–Crippen LogP) is 14.9. The van der Waals surface area contributed by atoms with Crippen LogP contribution in [-0.2, 0) is 0 Å². The van der Waals surface area contributed by atoms with Gasteiger partial charge in [0.2, 0.25) is 0 Å². The van der Waals surface area contributed by atoms with Crippen LogP contribution in [0.25, 0.3) is 77.2 Å². The van der Waals surface area contributed by atoms with Crippen molar-refractivity contribution >= 4 is 49.8 Å². The van der Waals surface area contributed by atoms with E-state index >= 15 is 0 Å². The van der Waals surface area contributed by atoms with Crippen LogP contribution >= 0.6 is 0 Å². The second kappa shape index (κ2) is 13.4. The molecule has 10 aromatic rings. The molecule has 54 heavy (non-hydrogen) atoms. The Hall–Kier alpha value is -7.16. The predicted molar refractivity (Wildman–Crippen MR) is 228 cm³/mol. The number of furan rings is 1. The fourth-order valence-corrected chi connectivity index (χ4v) is 8.02. The van der Waals surface area contributed by atoms with Crippen LogP contribution in [0.5, 0.6) is 0 Å². The summed E-state index contributed by atoms with van der Waals surface area (Å²) in [6.07, 6.45) is 0. The van der Waals surface area contributed by atoms with Gasteiger partial charge in [0.15, 0.2) is 5.58 Å². The molecule has 10 rings (SSSR count). The van der Waals surface area contributed by atoms with Crippen molar-refractivity contribution in [2.45, 2.75) is 0 Å². The highest BCUT2D eigenvalue weighted by Crippen LogP contribution is 2.47. The molecule has 0 aliphatic heterocycles. The molecule has 0 amide bonds. The molecule has 9 aromatic carbocycles. The van der Waals surface area contributed by atoms with E-state index in [0.717, 1.165) is 44.6 Å². The van der Waals surface area contributed by atoms with E-state index in [4.69, 9.17) is 4.42 Å². The Kier molecular flexibility index (Phi) is 7.85. The molecule has 0 aliphatic carbocycles. The Bertz CT molecular complexity index is 2920. The van der Waals surface area contributed by atoms with Gasteiger partial charge < -0.3 is 9.32 Å². The molecule has 0 saturated carbocycles. The maximum Gasteiger partial charge on any atom is 0.159 e. The normalized spacial score (nSPS) is 11.3. The molecule has 1 heterocycles. The SMILES string of the molecule is c1ccc(-c2ccccc2-c2c(-c3ccccc3)cccc2-c2ccc(N(c3cccc4ccccc34)c3cccc4c3oc3ccccc34)cc2)cc1. The van der Waals surface area contributed by atoms with Gasteiger partial charge >= 0.3 is 0 Å². The smallest absolute Gasteiger partial charge is 0.159 e. The summed E-state index contributed by atoms with van der Waals surface area (Å²) in [5.41, 5.74) is 14.4. The van der Waals surface area contributed by atoms with E-state index in [0.29, 0.717) is 0 Å². The molecule has 2 heteroatoms. The van der Waals surface area contributed by atoms with Crippen LogP contribution in [0.3, 0.4) is 0 Å². The van der Waals surface area contributed by atoms with E-state index in [1.54, 1.807) is 0 Å². The molecule has 0 saturated heterocycles. The summed E-state index contributed by atoms with van der Waals surface area (Å²) in [5.74, 6) is 0. The average Bonchev–Trinajstić information content (AvgIpc) is 3.64. The second-order valence-corrected chi connectivity index (χ2v) is 13.6. The van der Waals surface area contributed by atoms with Crippen molar-refractivity contribution in [3.05, 3.63) is 212 Å². The minimum absolute atomic E-state index is 0.867. The van der Waals surface area contributed by atoms with Crippen LogP contribution < -0.4 is 4.90 Å². The van der Waals surface area contributed by atoms with Crippen molar-refractivity contribution in [3.8, 4) is 44.5 Å². The average molecular weight is 690 g/mol. The van der Waals surface area contributed by atoms with Crippen molar-refractivity contribution in [1.82, 2.24) is 0 Å². The van der Waals surface area contributed by atoms with E-state index in [1.807, 2.05) is 12.1 Å². The van der Waals surface area contributed by atoms with E-state index in [1.165, 1.54) is 49.7 Å². The number of fused-ring (bicyclic) bond motifs is 4. The number of para-hydroxylation sites is 2. The van der Waals surface area contributed by atoms with Gasteiger partial charge in [-0.05, 0) is 80.2 Å². The maximum absolute atomic E-state index is 6.64. The van der Waals surface area contributed by atoms with Crippen LogP contribution in [0.2, 0.25) is 0 Å². The van der Waals surface area contributed by atoms with Gasteiger partial charge in [-0.25, -0.2) is 0 Å². The van der Waals surface area contributed by atoms with Gasteiger partial charge in [0, 0.05) is 21.8 Å².